The third-order valence-electron chi connectivity index (χ3n) is 1.81. The van der Waals surface area contributed by atoms with E-state index in [4.69, 9.17) is 0 Å². The lowest BCUT2D eigenvalue weighted by Crippen LogP contribution is -1.76. The van der Waals surface area contributed by atoms with Crippen molar-refractivity contribution < 1.29 is 0 Å². The molecule has 0 heterocycles. The van der Waals surface area contributed by atoms with Gasteiger partial charge >= 0.3 is 0 Å². The Morgan fingerprint density at radius 2 is 2.00 bits per heavy atom. The molecule has 0 radical (unpaired) electrons. The molecule has 0 spiro atoms. The predicted molar refractivity (Wildman–Crippen MR) is 61.0 cm³/mol. The molecule has 0 unspecified atom stereocenters. The monoisotopic (exact) mass is 192 g/mol. The van der Waals surface area contributed by atoms with E-state index in [2.05, 4.69) is 37.8 Å². The van der Waals surface area contributed by atoms with E-state index in [1.54, 1.807) is 11.8 Å². The Bertz CT molecular complexity index is 251. The Morgan fingerprint density at radius 1 is 1.31 bits per heavy atom. The van der Waals surface area contributed by atoms with Crippen LogP contribution in [0.5, 0.6) is 0 Å². The maximum Gasteiger partial charge on any atom is 0.0118 e. The molecule has 0 saturated carbocycles. The van der Waals surface area contributed by atoms with E-state index in [1.165, 1.54) is 22.6 Å². The van der Waals surface area contributed by atoms with E-state index < -0.39 is 0 Å². The van der Waals surface area contributed by atoms with Gasteiger partial charge in [-0.2, -0.15) is 0 Å². The van der Waals surface area contributed by atoms with Gasteiger partial charge in [0.25, 0.3) is 0 Å². The van der Waals surface area contributed by atoms with E-state index in [-0.39, 0.29) is 0 Å². The zero-order valence-corrected chi connectivity index (χ0v) is 8.94. The summed E-state index contributed by atoms with van der Waals surface area (Å²) >= 11 is 1.79. The standard InChI is InChI=1S/C12H16S/c1-3-4-8-11(2)13-12-9-6-5-7-10-12/h5-7,9-10H,2-4,8H2,1H3. The summed E-state index contributed by atoms with van der Waals surface area (Å²) in [5.74, 6) is 0. The first-order valence-corrected chi connectivity index (χ1v) is 5.55. The molecular weight excluding hydrogens is 176 g/mol. The van der Waals surface area contributed by atoms with Crippen LogP contribution in [-0.2, 0) is 0 Å². The maximum absolute atomic E-state index is 4.05. The molecule has 0 nitrogen and oxygen atoms in total. The van der Waals surface area contributed by atoms with Crippen LogP contribution in [0.25, 0.3) is 0 Å². The van der Waals surface area contributed by atoms with Gasteiger partial charge in [0.1, 0.15) is 0 Å². The van der Waals surface area contributed by atoms with Crippen LogP contribution in [-0.4, -0.2) is 0 Å². The van der Waals surface area contributed by atoms with Crippen molar-refractivity contribution in [2.75, 3.05) is 0 Å². The lowest BCUT2D eigenvalue weighted by molar-refractivity contribution is 0.810. The highest BCUT2D eigenvalue weighted by atomic mass is 32.2. The highest BCUT2D eigenvalue weighted by molar-refractivity contribution is 8.03. The number of hydrogen-bond donors (Lipinski definition) is 0. The van der Waals surface area contributed by atoms with Crippen molar-refractivity contribution >= 4 is 11.8 Å². The van der Waals surface area contributed by atoms with Gasteiger partial charge in [-0.1, -0.05) is 49.9 Å². The molecule has 0 amide bonds. The fourth-order valence-corrected chi connectivity index (χ4v) is 1.95. The lowest BCUT2D eigenvalue weighted by atomic mass is 10.2. The van der Waals surface area contributed by atoms with Crippen LogP contribution in [0.1, 0.15) is 26.2 Å². The number of rotatable bonds is 5. The second kappa shape index (κ2) is 5.87. The molecule has 70 valence electrons. The molecule has 0 saturated heterocycles. The summed E-state index contributed by atoms with van der Waals surface area (Å²) in [5.41, 5.74) is 0. The van der Waals surface area contributed by atoms with Crippen LogP contribution in [0.15, 0.2) is 46.7 Å². The molecule has 0 aliphatic rings. The first kappa shape index (κ1) is 10.4. The van der Waals surface area contributed by atoms with Gasteiger partial charge in [-0.3, -0.25) is 0 Å². The van der Waals surface area contributed by atoms with Gasteiger partial charge in [0.2, 0.25) is 0 Å². The first-order valence-electron chi connectivity index (χ1n) is 4.73. The van der Waals surface area contributed by atoms with Gasteiger partial charge in [0.15, 0.2) is 0 Å². The van der Waals surface area contributed by atoms with E-state index in [0.717, 1.165) is 6.42 Å². The van der Waals surface area contributed by atoms with E-state index in [1.807, 2.05) is 6.07 Å². The van der Waals surface area contributed by atoms with Crippen molar-refractivity contribution in [2.45, 2.75) is 31.1 Å². The van der Waals surface area contributed by atoms with Gasteiger partial charge in [-0.25, -0.2) is 0 Å². The summed E-state index contributed by atoms with van der Waals surface area (Å²) in [6, 6.07) is 10.4. The van der Waals surface area contributed by atoms with Crippen molar-refractivity contribution in [1.29, 1.82) is 0 Å². The fraction of sp³-hybridized carbons (Fsp3) is 0.333. The molecule has 0 fully saturated rings. The minimum Gasteiger partial charge on any atom is -0.0952 e. The topological polar surface area (TPSA) is 0 Å². The van der Waals surface area contributed by atoms with Crippen molar-refractivity contribution in [3.05, 3.63) is 41.8 Å². The van der Waals surface area contributed by atoms with Gasteiger partial charge in [-0.05, 0) is 29.9 Å². The molecule has 13 heavy (non-hydrogen) atoms. The van der Waals surface area contributed by atoms with Crippen LogP contribution in [0.2, 0.25) is 0 Å². The summed E-state index contributed by atoms with van der Waals surface area (Å²) in [7, 11) is 0. The predicted octanol–water partition coefficient (Wildman–Crippen LogP) is 4.48. The van der Waals surface area contributed by atoms with E-state index in [9.17, 15) is 0 Å². The normalized spacial score (nSPS) is 9.92. The zero-order chi connectivity index (χ0) is 9.52. The molecule has 1 rings (SSSR count). The highest BCUT2D eigenvalue weighted by Gasteiger charge is 1.96. The minimum absolute atomic E-state index is 1.13. The van der Waals surface area contributed by atoms with Crippen LogP contribution < -0.4 is 0 Å². The van der Waals surface area contributed by atoms with Crippen molar-refractivity contribution in [2.24, 2.45) is 0 Å². The Morgan fingerprint density at radius 3 is 2.62 bits per heavy atom. The summed E-state index contributed by atoms with van der Waals surface area (Å²) in [5, 5.41) is 0. The average Bonchev–Trinajstić information content (AvgIpc) is 2.16. The molecule has 1 heteroatoms. The van der Waals surface area contributed by atoms with Crippen molar-refractivity contribution in [3.8, 4) is 0 Å². The summed E-state index contributed by atoms with van der Waals surface area (Å²) in [4.78, 5) is 2.57. The molecule has 0 aliphatic carbocycles. The quantitative estimate of drug-likeness (QED) is 0.620. The number of hydrogen-bond acceptors (Lipinski definition) is 1. The van der Waals surface area contributed by atoms with E-state index in [0.29, 0.717) is 0 Å². The van der Waals surface area contributed by atoms with Gasteiger partial charge in [-0.15, -0.1) is 0 Å². The molecule has 0 aromatic heterocycles. The SMILES string of the molecule is C=C(CCCC)Sc1ccccc1. The van der Waals surface area contributed by atoms with Gasteiger partial charge in [0, 0.05) is 4.90 Å². The number of benzene rings is 1. The second-order valence-corrected chi connectivity index (χ2v) is 4.31. The zero-order valence-electron chi connectivity index (χ0n) is 8.12. The summed E-state index contributed by atoms with van der Waals surface area (Å²) in [6.07, 6.45) is 3.63. The maximum atomic E-state index is 4.05. The summed E-state index contributed by atoms with van der Waals surface area (Å²) < 4.78 is 0. The molecular formula is C12H16S. The Kier molecular flexibility index (Phi) is 4.69. The first-order chi connectivity index (χ1) is 6.33. The van der Waals surface area contributed by atoms with Crippen molar-refractivity contribution in [3.63, 3.8) is 0 Å². The Balaban J connectivity index is 2.37. The number of unbranched alkanes of at least 4 members (excludes halogenated alkanes) is 1. The minimum atomic E-state index is 1.13. The number of allylic oxidation sites excluding steroid dienone is 1. The lowest BCUT2D eigenvalue weighted by Gasteiger charge is -2.03. The largest absolute Gasteiger partial charge is 0.0952 e. The smallest absolute Gasteiger partial charge is 0.0118 e. The van der Waals surface area contributed by atoms with Gasteiger partial charge in [0.05, 0.1) is 0 Å². The second-order valence-electron chi connectivity index (χ2n) is 3.06. The molecule has 0 aliphatic heterocycles. The molecule has 1 aromatic rings. The Hall–Kier alpha value is -0.690. The third kappa shape index (κ3) is 4.18. The van der Waals surface area contributed by atoms with Crippen LogP contribution in [0.4, 0.5) is 0 Å². The van der Waals surface area contributed by atoms with Crippen molar-refractivity contribution in [1.82, 2.24) is 0 Å². The molecule has 0 bridgehead atoms. The molecule has 0 atom stereocenters. The molecule has 0 N–H and O–H groups in total. The summed E-state index contributed by atoms with van der Waals surface area (Å²) in [6.45, 7) is 6.26. The number of thioether (sulfide) groups is 1. The third-order valence-corrected chi connectivity index (χ3v) is 2.82. The van der Waals surface area contributed by atoms with Crippen LogP contribution in [0.3, 0.4) is 0 Å². The fourth-order valence-electron chi connectivity index (χ4n) is 1.08. The van der Waals surface area contributed by atoms with Gasteiger partial charge < -0.3 is 0 Å². The highest BCUT2D eigenvalue weighted by Crippen LogP contribution is 2.27. The Labute approximate surface area is 85.1 Å². The van der Waals surface area contributed by atoms with Crippen LogP contribution >= 0.6 is 11.8 Å². The van der Waals surface area contributed by atoms with Crippen LogP contribution in [0, 0.1) is 0 Å². The van der Waals surface area contributed by atoms with E-state index >= 15 is 0 Å². The molecule has 1 aromatic carbocycles. The average molecular weight is 192 g/mol.